The van der Waals surface area contributed by atoms with Gasteiger partial charge in [0, 0.05) is 10.6 Å². The SMILES string of the molecule is CCCOc1ccc(C=C2N=C(c3cccc(Cl)c3)OC2=O)cc1OC. The second kappa shape index (κ2) is 8.06. The van der Waals surface area contributed by atoms with Gasteiger partial charge in [0.25, 0.3) is 0 Å². The van der Waals surface area contributed by atoms with Gasteiger partial charge in [-0.3, -0.25) is 0 Å². The molecule has 1 aliphatic rings. The number of methoxy groups -OCH3 is 1. The minimum Gasteiger partial charge on any atom is -0.493 e. The van der Waals surface area contributed by atoms with Gasteiger partial charge < -0.3 is 14.2 Å². The summed E-state index contributed by atoms with van der Waals surface area (Å²) in [6.07, 6.45) is 2.55. The van der Waals surface area contributed by atoms with Crippen LogP contribution in [0.4, 0.5) is 0 Å². The van der Waals surface area contributed by atoms with Crippen LogP contribution in [0.25, 0.3) is 6.08 Å². The van der Waals surface area contributed by atoms with Crippen LogP contribution in [0.1, 0.15) is 24.5 Å². The number of hydrogen-bond acceptors (Lipinski definition) is 5. The van der Waals surface area contributed by atoms with Gasteiger partial charge in [-0.2, -0.15) is 0 Å². The first kappa shape index (κ1) is 18.0. The van der Waals surface area contributed by atoms with Crippen molar-refractivity contribution in [3.05, 3.63) is 64.3 Å². The summed E-state index contributed by atoms with van der Waals surface area (Å²) in [6.45, 7) is 2.64. The van der Waals surface area contributed by atoms with Crippen molar-refractivity contribution in [3.8, 4) is 11.5 Å². The molecule has 26 heavy (non-hydrogen) atoms. The monoisotopic (exact) mass is 371 g/mol. The molecule has 134 valence electrons. The lowest BCUT2D eigenvalue weighted by Crippen LogP contribution is -2.05. The summed E-state index contributed by atoms with van der Waals surface area (Å²) in [5, 5.41) is 0.547. The Morgan fingerprint density at radius 1 is 1.19 bits per heavy atom. The second-order valence-electron chi connectivity index (χ2n) is 5.61. The molecule has 2 aromatic rings. The summed E-state index contributed by atoms with van der Waals surface area (Å²) in [5.74, 6) is 0.982. The minimum absolute atomic E-state index is 0.212. The first-order valence-corrected chi connectivity index (χ1v) is 8.58. The Hall–Kier alpha value is -2.79. The van der Waals surface area contributed by atoms with Gasteiger partial charge in [-0.15, -0.1) is 0 Å². The Morgan fingerprint density at radius 3 is 2.77 bits per heavy atom. The van der Waals surface area contributed by atoms with E-state index >= 15 is 0 Å². The van der Waals surface area contributed by atoms with Crippen LogP contribution in [-0.2, 0) is 9.53 Å². The molecule has 0 fully saturated rings. The van der Waals surface area contributed by atoms with Gasteiger partial charge in [-0.25, -0.2) is 9.79 Å². The van der Waals surface area contributed by atoms with Crippen LogP contribution in [0.2, 0.25) is 5.02 Å². The Labute approximate surface area is 156 Å². The van der Waals surface area contributed by atoms with Gasteiger partial charge >= 0.3 is 5.97 Å². The fourth-order valence-electron chi connectivity index (χ4n) is 2.42. The molecule has 3 rings (SSSR count). The lowest BCUT2D eigenvalue weighted by atomic mass is 10.1. The summed E-state index contributed by atoms with van der Waals surface area (Å²) >= 11 is 5.97. The zero-order valence-electron chi connectivity index (χ0n) is 14.5. The highest BCUT2D eigenvalue weighted by Crippen LogP contribution is 2.30. The highest BCUT2D eigenvalue weighted by atomic mass is 35.5. The van der Waals surface area contributed by atoms with E-state index in [1.54, 1.807) is 43.5 Å². The van der Waals surface area contributed by atoms with E-state index in [1.165, 1.54) is 0 Å². The van der Waals surface area contributed by atoms with Crippen LogP contribution < -0.4 is 9.47 Å². The number of ether oxygens (including phenoxy) is 3. The van der Waals surface area contributed by atoms with Crippen LogP contribution in [-0.4, -0.2) is 25.6 Å². The minimum atomic E-state index is -0.509. The molecule has 0 aliphatic carbocycles. The molecule has 0 unspecified atom stereocenters. The normalized spacial score (nSPS) is 15.0. The topological polar surface area (TPSA) is 57.1 Å². The Balaban J connectivity index is 1.88. The number of nitrogens with zero attached hydrogens (tertiary/aromatic N) is 1. The Kier molecular flexibility index (Phi) is 5.58. The van der Waals surface area contributed by atoms with E-state index < -0.39 is 5.97 Å². The van der Waals surface area contributed by atoms with Crippen LogP contribution in [0, 0.1) is 0 Å². The van der Waals surface area contributed by atoms with Crippen molar-refractivity contribution in [2.24, 2.45) is 4.99 Å². The molecular formula is C20H18ClNO4. The number of carbonyl (C=O) groups is 1. The molecule has 0 spiro atoms. The number of cyclic esters (lactones) is 1. The molecule has 0 aromatic heterocycles. The molecule has 0 atom stereocenters. The fraction of sp³-hybridized carbons (Fsp3) is 0.200. The highest BCUT2D eigenvalue weighted by molar-refractivity contribution is 6.31. The van der Waals surface area contributed by atoms with Crippen LogP contribution in [0.5, 0.6) is 11.5 Å². The van der Waals surface area contributed by atoms with E-state index in [1.807, 2.05) is 19.1 Å². The van der Waals surface area contributed by atoms with Gasteiger partial charge in [0.1, 0.15) is 0 Å². The van der Waals surface area contributed by atoms with Crippen molar-refractivity contribution in [1.82, 2.24) is 0 Å². The first-order chi connectivity index (χ1) is 12.6. The number of benzene rings is 2. The third-order valence-electron chi connectivity index (χ3n) is 3.64. The van der Waals surface area contributed by atoms with Crippen molar-refractivity contribution in [1.29, 1.82) is 0 Å². The second-order valence-corrected chi connectivity index (χ2v) is 6.04. The van der Waals surface area contributed by atoms with Gasteiger partial charge in [0.05, 0.1) is 13.7 Å². The number of rotatable bonds is 6. The third kappa shape index (κ3) is 4.06. The number of halogens is 1. The standard InChI is InChI=1S/C20H18ClNO4/c1-3-9-25-17-8-7-13(11-18(17)24-2)10-16-20(23)26-19(22-16)14-5-4-6-15(21)12-14/h4-8,10-12H,3,9H2,1-2H3. The molecule has 0 N–H and O–H groups in total. The van der Waals surface area contributed by atoms with Crippen molar-refractivity contribution in [2.45, 2.75) is 13.3 Å². The summed E-state index contributed by atoms with van der Waals surface area (Å²) < 4.78 is 16.2. The summed E-state index contributed by atoms with van der Waals surface area (Å²) in [7, 11) is 1.57. The molecule has 0 saturated carbocycles. The van der Waals surface area contributed by atoms with E-state index in [0.29, 0.717) is 28.7 Å². The van der Waals surface area contributed by atoms with Crippen molar-refractivity contribution >= 4 is 29.5 Å². The average molecular weight is 372 g/mol. The highest BCUT2D eigenvalue weighted by Gasteiger charge is 2.24. The van der Waals surface area contributed by atoms with E-state index in [-0.39, 0.29) is 11.6 Å². The molecule has 2 aromatic carbocycles. The fourth-order valence-corrected chi connectivity index (χ4v) is 2.61. The molecule has 0 radical (unpaired) electrons. The van der Waals surface area contributed by atoms with Crippen LogP contribution in [0.15, 0.2) is 53.2 Å². The summed E-state index contributed by atoms with van der Waals surface area (Å²) in [5.41, 5.74) is 1.62. The molecule has 0 saturated heterocycles. The lowest BCUT2D eigenvalue weighted by Gasteiger charge is -2.10. The van der Waals surface area contributed by atoms with E-state index in [9.17, 15) is 4.79 Å². The molecule has 6 heteroatoms. The van der Waals surface area contributed by atoms with E-state index in [2.05, 4.69) is 4.99 Å². The molecule has 1 heterocycles. The van der Waals surface area contributed by atoms with Crippen LogP contribution in [0.3, 0.4) is 0 Å². The largest absolute Gasteiger partial charge is 0.493 e. The molecule has 0 amide bonds. The van der Waals surface area contributed by atoms with Gasteiger partial charge in [0.2, 0.25) is 5.90 Å². The Bertz CT molecular complexity index is 889. The number of hydrogen-bond donors (Lipinski definition) is 0. The maximum atomic E-state index is 12.1. The maximum Gasteiger partial charge on any atom is 0.363 e. The zero-order chi connectivity index (χ0) is 18.5. The van der Waals surface area contributed by atoms with Crippen molar-refractivity contribution < 1.29 is 19.0 Å². The van der Waals surface area contributed by atoms with Gasteiger partial charge in [-0.05, 0) is 48.4 Å². The summed E-state index contributed by atoms with van der Waals surface area (Å²) in [6, 6.07) is 12.4. The van der Waals surface area contributed by atoms with Gasteiger partial charge in [0.15, 0.2) is 17.2 Å². The van der Waals surface area contributed by atoms with Gasteiger partial charge in [-0.1, -0.05) is 30.7 Å². The molecular weight excluding hydrogens is 354 g/mol. The average Bonchev–Trinajstić information content (AvgIpc) is 3.01. The number of esters is 1. The van der Waals surface area contributed by atoms with E-state index in [0.717, 1.165) is 12.0 Å². The predicted molar refractivity (Wildman–Crippen MR) is 101 cm³/mol. The lowest BCUT2D eigenvalue weighted by molar-refractivity contribution is -0.129. The first-order valence-electron chi connectivity index (χ1n) is 8.20. The number of aliphatic imine (C=N–C) groups is 1. The molecule has 1 aliphatic heterocycles. The predicted octanol–water partition coefficient (Wildman–Crippen LogP) is 4.48. The number of carbonyl (C=O) groups excluding carboxylic acids is 1. The smallest absolute Gasteiger partial charge is 0.363 e. The van der Waals surface area contributed by atoms with E-state index in [4.69, 9.17) is 25.8 Å². The Morgan fingerprint density at radius 2 is 2.04 bits per heavy atom. The summed E-state index contributed by atoms with van der Waals surface area (Å²) in [4.78, 5) is 16.4. The maximum absolute atomic E-state index is 12.1. The van der Waals surface area contributed by atoms with Crippen molar-refractivity contribution in [3.63, 3.8) is 0 Å². The quantitative estimate of drug-likeness (QED) is 0.555. The van der Waals surface area contributed by atoms with Crippen molar-refractivity contribution in [2.75, 3.05) is 13.7 Å². The zero-order valence-corrected chi connectivity index (χ0v) is 15.2. The molecule has 0 bridgehead atoms. The van der Waals surface area contributed by atoms with Crippen LogP contribution >= 0.6 is 11.6 Å². The third-order valence-corrected chi connectivity index (χ3v) is 3.88. The molecule has 5 nitrogen and oxygen atoms in total.